The zero-order chi connectivity index (χ0) is 12.7. The molecule has 0 N–H and O–H groups in total. The van der Waals surface area contributed by atoms with Crippen molar-refractivity contribution in [2.24, 2.45) is 0 Å². The quantitative estimate of drug-likeness (QED) is 0.634. The molecule has 8 heteroatoms. The summed E-state index contributed by atoms with van der Waals surface area (Å²) < 4.78 is 16.0. The van der Waals surface area contributed by atoms with Crippen LogP contribution in [0.3, 0.4) is 0 Å². The molecule has 0 radical (unpaired) electrons. The molecule has 1 heterocycles. The van der Waals surface area contributed by atoms with Gasteiger partial charge in [0.05, 0.1) is 6.54 Å². The van der Waals surface area contributed by atoms with Crippen LogP contribution in [0.1, 0.15) is 19.2 Å². The van der Waals surface area contributed by atoms with Crippen LogP contribution < -0.4 is 0 Å². The van der Waals surface area contributed by atoms with Crippen molar-refractivity contribution in [1.29, 1.82) is 0 Å². The summed E-state index contributed by atoms with van der Waals surface area (Å²) in [5.41, 5.74) is 0. The second-order valence-electron chi connectivity index (χ2n) is 3.55. The molecule has 0 atom stereocenters. The van der Waals surface area contributed by atoms with Crippen LogP contribution in [0.25, 0.3) is 0 Å². The number of aromatic nitrogens is 4. The van der Waals surface area contributed by atoms with Gasteiger partial charge in [0.1, 0.15) is 0 Å². The number of tetrazole rings is 1. The molecule has 98 valence electrons. The van der Waals surface area contributed by atoms with Crippen molar-refractivity contribution in [1.82, 2.24) is 20.2 Å². The van der Waals surface area contributed by atoms with Gasteiger partial charge in [-0.05, 0) is 11.6 Å². The maximum Gasteiger partial charge on any atom is 0.500 e. The van der Waals surface area contributed by atoms with E-state index in [1.165, 1.54) is 0 Å². The molecule has 0 amide bonds. The normalized spacial score (nSPS) is 12.0. The average molecular weight is 260 g/mol. The minimum absolute atomic E-state index is 0.692. The number of hydrogen-bond acceptors (Lipinski definition) is 6. The van der Waals surface area contributed by atoms with E-state index in [1.807, 2.05) is 6.92 Å². The lowest BCUT2D eigenvalue weighted by Crippen LogP contribution is -2.42. The van der Waals surface area contributed by atoms with Crippen LogP contribution in [0.2, 0.25) is 6.04 Å². The molecule has 7 nitrogen and oxygen atoms in total. The van der Waals surface area contributed by atoms with Gasteiger partial charge in [0.2, 0.25) is 0 Å². The Morgan fingerprint density at radius 2 is 1.82 bits per heavy atom. The summed E-state index contributed by atoms with van der Waals surface area (Å²) in [4.78, 5) is 1.60. The summed E-state index contributed by atoms with van der Waals surface area (Å²) in [6, 6.07) is 0.736. The third-order valence-corrected chi connectivity index (χ3v) is 5.42. The second-order valence-corrected chi connectivity index (χ2v) is 6.64. The summed E-state index contributed by atoms with van der Waals surface area (Å²) in [5.74, 6) is 0.763. The highest BCUT2D eigenvalue weighted by atomic mass is 28.4. The highest BCUT2D eigenvalue weighted by Gasteiger charge is 2.36. The standard InChI is InChI=1S/C9H20N4O3Si/c1-5-9-10-12-13(11-9)7-6-8-17(14-2,15-3)16-4/h5-8H2,1-4H3. The monoisotopic (exact) mass is 260 g/mol. The Hall–Kier alpha value is -0.833. The summed E-state index contributed by atoms with van der Waals surface area (Å²) in [5, 5.41) is 12.1. The van der Waals surface area contributed by atoms with Crippen molar-refractivity contribution < 1.29 is 13.3 Å². The lowest BCUT2D eigenvalue weighted by molar-refractivity contribution is 0.122. The van der Waals surface area contributed by atoms with E-state index in [0.29, 0.717) is 6.54 Å². The summed E-state index contributed by atoms with van der Waals surface area (Å²) in [7, 11) is 2.38. The minimum Gasteiger partial charge on any atom is -0.377 e. The van der Waals surface area contributed by atoms with E-state index in [0.717, 1.165) is 24.7 Å². The number of rotatable bonds is 8. The summed E-state index contributed by atoms with van der Waals surface area (Å²) in [6.45, 7) is 2.69. The van der Waals surface area contributed by atoms with Crippen molar-refractivity contribution in [2.75, 3.05) is 21.3 Å². The van der Waals surface area contributed by atoms with Crippen molar-refractivity contribution in [2.45, 2.75) is 32.4 Å². The van der Waals surface area contributed by atoms with Gasteiger partial charge in [0.25, 0.3) is 0 Å². The van der Waals surface area contributed by atoms with E-state index in [-0.39, 0.29) is 0 Å². The Morgan fingerprint density at radius 3 is 2.29 bits per heavy atom. The molecule has 0 saturated heterocycles. The minimum atomic E-state index is -2.46. The van der Waals surface area contributed by atoms with Gasteiger partial charge in [-0.15, -0.1) is 10.2 Å². The van der Waals surface area contributed by atoms with Crippen LogP contribution in [0.5, 0.6) is 0 Å². The predicted octanol–water partition coefficient (Wildman–Crippen LogP) is 0.504. The maximum atomic E-state index is 5.33. The highest BCUT2D eigenvalue weighted by molar-refractivity contribution is 6.60. The van der Waals surface area contributed by atoms with Crippen LogP contribution in [0.15, 0.2) is 0 Å². The Kier molecular flexibility index (Phi) is 5.69. The molecule has 1 rings (SSSR count). The average Bonchev–Trinajstić information content (AvgIpc) is 2.83. The summed E-state index contributed by atoms with van der Waals surface area (Å²) >= 11 is 0. The fourth-order valence-electron chi connectivity index (χ4n) is 1.51. The molecule has 0 saturated carbocycles. The molecule has 17 heavy (non-hydrogen) atoms. The second kappa shape index (κ2) is 6.79. The first kappa shape index (κ1) is 14.2. The molecule has 1 aromatic rings. The predicted molar refractivity (Wildman–Crippen MR) is 63.4 cm³/mol. The van der Waals surface area contributed by atoms with Crippen molar-refractivity contribution >= 4 is 8.80 Å². The van der Waals surface area contributed by atoms with Gasteiger partial charge in [-0.2, -0.15) is 4.80 Å². The van der Waals surface area contributed by atoms with Crippen LogP contribution in [-0.4, -0.2) is 50.3 Å². The lowest BCUT2D eigenvalue weighted by Gasteiger charge is -2.23. The SMILES string of the molecule is CCc1nnn(CCC[Si](OC)(OC)OC)n1. The Balaban J connectivity index is 2.40. The van der Waals surface area contributed by atoms with E-state index in [1.54, 1.807) is 26.1 Å². The molecule has 0 bridgehead atoms. The molecule has 0 aliphatic heterocycles. The van der Waals surface area contributed by atoms with Gasteiger partial charge in [-0.25, -0.2) is 0 Å². The zero-order valence-electron chi connectivity index (χ0n) is 10.8. The van der Waals surface area contributed by atoms with E-state index >= 15 is 0 Å². The van der Waals surface area contributed by atoms with Gasteiger partial charge in [-0.1, -0.05) is 6.92 Å². The van der Waals surface area contributed by atoms with Gasteiger partial charge in [0.15, 0.2) is 5.82 Å². The van der Waals surface area contributed by atoms with Crippen molar-refractivity contribution in [3.05, 3.63) is 5.82 Å². The van der Waals surface area contributed by atoms with E-state index in [4.69, 9.17) is 13.3 Å². The molecule has 1 aromatic heterocycles. The van der Waals surface area contributed by atoms with Crippen LogP contribution in [-0.2, 0) is 26.2 Å². The molecule has 0 fully saturated rings. The third kappa shape index (κ3) is 3.84. The third-order valence-electron chi connectivity index (χ3n) is 2.58. The molecule has 0 spiro atoms. The molecule has 0 unspecified atom stereocenters. The van der Waals surface area contributed by atoms with E-state index in [9.17, 15) is 0 Å². The van der Waals surface area contributed by atoms with Crippen molar-refractivity contribution in [3.8, 4) is 0 Å². The lowest BCUT2D eigenvalue weighted by atomic mass is 10.5. The van der Waals surface area contributed by atoms with Crippen LogP contribution in [0.4, 0.5) is 0 Å². The van der Waals surface area contributed by atoms with Gasteiger partial charge in [0, 0.05) is 33.8 Å². The van der Waals surface area contributed by atoms with Crippen molar-refractivity contribution in [3.63, 3.8) is 0 Å². The maximum absolute atomic E-state index is 5.33. The number of aryl methyl sites for hydroxylation is 2. The molecular formula is C9H20N4O3Si. The zero-order valence-corrected chi connectivity index (χ0v) is 11.8. The Morgan fingerprint density at radius 1 is 1.18 bits per heavy atom. The van der Waals surface area contributed by atoms with E-state index < -0.39 is 8.80 Å². The van der Waals surface area contributed by atoms with Crippen LogP contribution in [0, 0.1) is 0 Å². The molecule has 0 aliphatic rings. The number of nitrogens with zero attached hydrogens (tertiary/aromatic N) is 4. The molecule has 0 aliphatic carbocycles. The molecular weight excluding hydrogens is 240 g/mol. The number of hydrogen-bond donors (Lipinski definition) is 0. The Bertz CT molecular complexity index is 322. The highest BCUT2D eigenvalue weighted by Crippen LogP contribution is 2.15. The van der Waals surface area contributed by atoms with Gasteiger partial charge >= 0.3 is 8.80 Å². The molecule has 0 aromatic carbocycles. The van der Waals surface area contributed by atoms with E-state index in [2.05, 4.69) is 15.4 Å². The van der Waals surface area contributed by atoms with Gasteiger partial charge in [-0.3, -0.25) is 0 Å². The van der Waals surface area contributed by atoms with Gasteiger partial charge < -0.3 is 13.3 Å². The fraction of sp³-hybridized carbons (Fsp3) is 0.889. The topological polar surface area (TPSA) is 71.3 Å². The first-order valence-corrected chi connectivity index (χ1v) is 7.55. The smallest absolute Gasteiger partial charge is 0.377 e. The first-order chi connectivity index (χ1) is 8.19. The fourth-order valence-corrected chi connectivity index (χ4v) is 3.21. The summed E-state index contributed by atoms with van der Waals surface area (Å²) in [6.07, 6.45) is 1.63. The Labute approximate surface area is 102 Å². The first-order valence-electron chi connectivity index (χ1n) is 5.61. The van der Waals surface area contributed by atoms with Crippen LogP contribution >= 0.6 is 0 Å². The largest absolute Gasteiger partial charge is 0.500 e.